The standard InChI is InChI=1S/C15H29NO/c1-11-4-5-15(9-11,10-16)17-14-7-12(2)6-13(3)8-14/h11-14H,4-10,16H2,1-3H3. The van der Waals surface area contributed by atoms with Crippen LogP contribution in [0.5, 0.6) is 0 Å². The van der Waals surface area contributed by atoms with E-state index in [-0.39, 0.29) is 5.60 Å². The lowest BCUT2D eigenvalue weighted by atomic mass is 9.81. The normalized spacial score (nSPS) is 47.3. The fourth-order valence-corrected chi connectivity index (χ4v) is 4.01. The molecule has 17 heavy (non-hydrogen) atoms. The summed E-state index contributed by atoms with van der Waals surface area (Å²) < 4.78 is 6.48. The van der Waals surface area contributed by atoms with Gasteiger partial charge in [0, 0.05) is 6.54 Å². The van der Waals surface area contributed by atoms with E-state index in [1.165, 1.54) is 38.5 Å². The Hall–Kier alpha value is -0.0800. The Kier molecular flexibility index (Phi) is 4.14. The van der Waals surface area contributed by atoms with Crippen LogP contribution in [-0.2, 0) is 4.74 Å². The van der Waals surface area contributed by atoms with Gasteiger partial charge in [-0.25, -0.2) is 0 Å². The predicted molar refractivity (Wildman–Crippen MR) is 71.9 cm³/mol. The second-order valence-corrected chi connectivity index (χ2v) is 6.89. The molecule has 2 rings (SSSR count). The SMILES string of the molecule is CC1CC(C)CC(OC2(CN)CCC(C)C2)C1. The van der Waals surface area contributed by atoms with Crippen molar-refractivity contribution in [1.82, 2.24) is 0 Å². The lowest BCUT2D eigenvalue weighted by Crippen LogP contribution is -2.43. The fourth-order valence-electron chi connectivity index (χ4n) is 4.01. The maximum Gasteiger partial charge on any atom is 0.0810 e. The Labute approximate surface area is 106 Å². The van der Waals surface area contributed by atoms with Gasteiger partial charge in [0.1, 0.15) is 0 Å². The smallest absolute Gasteiger partial charge is 0.0810 e. The number of ether oxygens (including phenoxy) is 1. The molecule has 0 aromatic heterocycles. The van der Waals surface area contributed by atoms with Crippen LogP contribution in [0.2, 0.25) is 0 Å². The lowest BCUT2D eigenvalue weighted by molar-refractivity contribution is -0.110. The number of hydrogen-bond donors (Lipinski definition) is 1. The van der Waals surface area contributed by atoms with E-state index in [4.69, 9.17) is 10.5 Å². The van der Waals surface area contributed by atoms with Gasteiger partial charge >= 0.3 is 0 Å². The summed E-state index contributed by atoms with van der Waals surface area (Å²) >= 11 is 0. The Morgan fingerprint density at radius 3 is 2.18 bits per heavy atom. The monoisotopic (exact) mass is 239 g/mol. The number of rotatable bonds is 3. The summed E-state index contributed by atoms with van der Waals surface area (Å²) in [4.78, 5) is 0. The highest BCUT2D eigenvalue weighted by atomic mass is 16.5. The first-order valence-corrected chi connectivity index (χ1v) is 7.41. The van der Waals surface area contributed by atoms with E-state index in [0.717, 1.165) is 17.8 Å². The van der Waals surface area contributed by atoms with Crippen LogP contribution in [0, 0.1) is 17.8 Å². The van der Waals surface area contributed by atoms with Gasteiger partial charge in [0.25, 0.3) is 0 Å². The summed E-state index contributed by atoms with van der Waals surface area (Å²) in [5, 5.41) is 0. The molecule has 0 aromatic carbocycles. The molecular weight excluding hydrogens is 210 g/mol. The molecule has 2 heteroatoms. The minimum absolute atomic E-state index is 0.0147. The average molecular weight is 239 g/mol. The Morgan fingerprint density at radius 1 is 1.06 bits per heavy atom. The first kappa shape index (κ1) is 13.4. The van der Waals surface area contributed by atoms with Crippen LogP contribution in [0.3, 0.4) is 0 Å². The molecule has 2 saturated carbocycles. The Balaban J connectivity index is 1.94. The van der Waals surface area contributed by atoms with Crippen molar-refractivity contribution in [2.45, 2.75) is 71.0 Å². The first-order valence-electron chi connectivity index (χ1n) is 7.41. The van der Waals surface area contributed by atoms with Crippen LogP contribution in [0.25, 0.3) is 0 Å². The highest BCUT2D eigenvalue weighted by Gasteiger charge is 2.40. The summed E-state index contributed by atoms with van der Waals surface area (Å²) in [6.45, 7) is 7.75. The summed E-state index contributed by atoms with van der Waals surface area (Å²) in [5.41, 5.74) is 6.01. The molecule has 2 nitrogen and oxygen atoms in total. The van der Waals surface area contributed by atoms with Gasteiger partial charge in [-0.2, -0.15) is 0 Å². The summed E-state index contributed by atoms with van der Waals surface area (Å²) in [5.74, 6) is 2.42. The van der Waals surface area contributed by atoms with Crippen LogP contribution in [0.1, 0.15) is 59.3 Å². The summed E-state index contributed by atoms with van der Waals surface area (Å²) in [6, 6.07) is 0. The second-order valence-electron chi connectivity index (χ2n) is 6.89. The zero-order valence-electron chi connectivity index (χ0n) is 11.7. The van der Waals surface area contributed by atoms with Crippen molar-refractivity contribution in [2.24, 2.45) is 23.5 Å². The van der Waals surface area contributed by atoms with Crippen LogP contribution in [-0.4, -0.2) is 18.2 Å². The van der Waals surface area contributed by atoms with E-state index in [1.54, 1.807) is 0 Å². The van der Waals surface area contributed by atoms with Gasteiger partial charge < -0.3 is 10.5 Å². The first-order chi connectivity index (χ1) is 8.03. The van der Waals surface area contributed by atoms with Gasteiger partial charge in [-0.05, 0) is 56.3 Å². The van der Waals surface area contributed by atoms with Crippen LogP contribution in [0.4, 0.5) is 0 Å². The molecule has 0 amide bonds. The van der Waals surface area contributed by atoms with E-state index in [2.05, 4.69) is 20.8 Å². The predicted octanol–water partition coefficient (Wildman–Crippen LogP) is 3.35. The van der Waals surface area contributed by atoms with E-state index in [1.807, 2.05) is 0 Å². The Bertz CT molecular complexity index is 245. The zero-order valence-corrected chi connectivity index (χ0v) is 11.7. The quantitative estimate of drug-likeness (QED) is 0.819. The molecule has 0 spiro atoms. The molecule has 0 radical (unpaired) electrons. The van der Waals surface area contributed by atoms with Crippen molar-refractivity contribution >= 4 is 0 Å². The van der Waals surface area contributed by atoms with E-state index in [9.17, 15) is 0 Å². The van der Waals surface area contributed by atoms with E-state index >= 15 is 0 Å². The molecule has 2 aliphatic rings. The molecule has 2 aliphatic carbocycles. The maximum atomic E-state index is 6.48. The molecule has 0 aliphatic heterocycles. The largest absolute Gasteiger partial charge is 0.370 e. The molecule has 2 fully saturated rings. The molecular formula is C15H29NO. The van der Waals surface area contributed by atoms with Crippen LogP contribution >= 0.6 is 0 Å². The van der Waals surface area contributed by atoms with Crippen molar-refractivity contribution in [3.8, 4) is 0 Å². The van der Waals surface area contributed by atoms with Gasteiger partial charge in [0.15, 0.2) is 0 Å². The van der Waals surface area contributed by atoms with Gasteiger partial charge in [0.2, 0.25) is 0 Å². The van der Waals surface area contributed by atoms with Gasteiger partial charge in [-0.3, -0.25) is 0 Å². The van der Waals surface area contributed by atoms with Gasteiger partial charge in [-0.15, -0.1) is 0 Å². The third-order valence-electron chi connectivity index (χ3n) is 4.74. The maximum absolute atomic E-state index is 6.48. The van der Waals surface area contributed by atoms with Crippen LogP contribution in [0.15, 0.2) is 0 Å². The molecule has 4 atom stereocenters. The Morgan fingerprint density at radius 2 is 1.71 bits per heavy atom. The van der Waals surface area contributed by atoms with Crippen molar-refractivity contribution in [3.05, 3.63) is 0 Å². The zero-order chi connectivity index (χ0) is 12.5. The number of hydrogen-bond acceptors (Lipinski definition) is 2. The fraction of sp³-hybridized carbons (Fsp3) is 1.00. The molecule has 0 aromatic rings. The third-order valence-corrected chi connectivity index (χ3v) is 4.74. The van der Waals surface area contributed by atoms with Crippen molar-refractivity contribution in [2.75, 3.05) is 6.54 Å². The number of nitrogens with two attached hydrogens (primary N) is 1. The molecule has 100 valence electrons. The topological polar surface area (TPSA) is 35.2 Å². The van der Waals surface area contributed by atoms with Crippen molar-refractivity contribution in [3.63, 3.8) is 0 Å². The van der Waals surface area contributed by atoms with Gasteiger partial charge in [0.05, 0.1) is 11.7 Å². The van der Waals surface area contributed by atoms with Crippen LogP contribution < -0.4 is 5.73 Å². The van der Waals surface area contributed by atoms with Crippen molar-refractivity contribution in [1.29, 1.82) is 0 Å². The highest BCUT2D eigenvalue weighted by molar-refractivity contribution is 4.92. The highest BCUT2D eigenvalue weighted by Crippen LogP contribution is 2.40. The average Bonchev–Trinajstić information content (AvgIpc) is 2.59. The molecule has 4 unspecified atom stereocenters. The summed E-state index contributed by atoms with van der Waals surface area (Å²) in [7, 11) is 0. The molecule has 0 bridgehead atoms. The second kappa shape index (κ2) is 5.27. The molecule has 2 N–H and O–H groups in total. The lowest BCUT2D eigenvalue weighted by Gasteiger charge is -2.38. The minimum Gasteiger partial charge on any atom is -0.370 e. The third kappa shape index (κ3) is 3.23. The summed E-state index contributed by atoms with van der Waals surface area (Å²) in [6.07, 6.45) is 7.93. The minimum atomic E-state index is 0.0147. The van der Waals surface area contributed by atoms with Crippen molar-refractivity contribution < 1.29 is 4.74 Å². The van der Waals surface area contributed by atoms with Gasteiger partial charge in [-0.1, -0.05) is 20.8 Å². The van der Waals surface area contributed by atoms with E-state index < -0.39 is 0 Å². The molecule has 0 saturated heterocycles. The molecule has 0 heterocycles. The van der Waals surface area contributed by atoms with E-state index in [0.29, 0.717) is 12.6 Å².